The lowest BCUT2D eigenvalue weighted by Gasteiger charge is -2.38. The molecule has 4 atom stereocenters. The van der Waals surface area contributed by atoms with Gasteiger partial charge in [0.1, 0.15) is 12.7 Å². The minimum Gasteiger partial charge on any atom is -0.376 e. The molecule has 0 bridgehead atoms. The van der Waals surface area contributed by atoms with E-state index in [0.29, 0.717) is 11.8 Å². The highest BCUT2D eigenvalue weighted by Gasteiger charge is 2.43. The van der Waals surface area contributed by atoms with E-state index >= 15 is 0 Å². The van der Waals surface area contributed by atoms with Crippen molar-refractivity contribution in [1.82, 2.24) is 25.0 Å². The highest BCUT2D eigenvalue weighted by molar-refractivity contribution is 5.73. The summed E-state index contributed by atoms with van der Waals surface area (Å²) in [6.07, 6.45) is 8.47. The third-order valence-electron chi connectivity index (χ3n) is 5.97. The average Bonchev–Trinajstić information content (AvgIpc) is 3.10. The predicted molar refractivity (Wildman–Crippen MR) is 92.7 cm³/mol. The Morgan fingerprint density at radius 3 is 2.56 bits per heavy atom. The Morgan fingerprint density at radius 2 is 1.88 bits per heavy atom. The van der Waals surface area contributed by atoms with E-state index in [0.717, 1.165) is 51.5 Å². The second-order valence-corrected chi connectivity index (χ2v) is 8.07. The van der Waals surface area contributed by atoms with Gasteiger partial charge in [0.2, 0.25) is 5.91 Å². The van der Waals surface area contributed by atoms with Crippen LogP contribution in [0.2, 0.25) is 0 Å². The van der Waals surface area contributed by atoms with Gasteiger partial charge in [-0.25, -0.2) is 0 Å². The van der Waals surface area contributed by atoms with Crippen molar-refractivity contribution in [2.24, 2.45) is 17.8 Å². The highest BCUT2D eigenvalue weighted by Crippen LogP contribution is 2.38. The van der Waals surface area contributed by atoms with Gasteiger partial charge in [-0.3, -0.25) is 4.79 Å². The van der Waals surface area contributed by atoms with Crippen LogP contribution in [-0.4, -0.2) is 64.0 Å². The SMILES string of the molecule is CC(=O)N[C@@H]1C[C@@H]2CN(CCn3cnnc3)C[C@@H]2C[C@H]1OCC1CC1. The number of fused-ring (bicyclic) bond motifs is 1. The maximum Gasteiger partial charge on any atom is 0.217 e. The van der Waals surface area contributed by atoms with Crippen molar-refractivity contribution in [2.75, 3.05) is 26.2 Å². The molecule has 0 aromatic carbocycles. The molecule has 0 radical (unpaired) electrons. The molecule has 1 aromatic heterocycles. The van der Waals surface area contributed by atoms with Crippen LogP contribution in [0.15, 0.2) is 12.7 Å². The van der Waals surface area contributed by atoms with E-state index in [1.54, 1.807) is 19.6 Å². The zero-order valence-electron chi connectivity index (χ0n) is 15.0. The lowest BCUT2D eigenvalue weighted by Crippen LogP contribution is -2.50. The van der Waals surface area contributed by atoms with Gasteiger partial charge < -0.3 is 19.5 Å². The molecule has 0 unspecified atom stereocenters. The van der Waals surface area contributed by atoms with Crippen molar-refractivity contribution in [1.29, 1.82) is 0 Å². The number of rotatable bonds is 7. The number of likely N-dealkylation sites (tertiary alicyclic amines) is 1. The summed E-state index contributed by atoms with van der Waals surface area (Å²) in [6, 6.07) is 0.176. The fourth-order valence-corrected chi connectivity index (χ4v) is 4.43. The largest absolute Gasteiger partial charge is 0.376 e. The Balaban J connectivity index is 1.32. The number of amides is 1. The minimum atomic E-state index is 0.0610. The lowest BCUT2D eigenvalue weighted by atomic mass is 9.77. The van der Waals surface area contributed by atoms with Gasteiger partial charge in [0.15, 0.2) is 0 Å². The van der Waals surface area contributed by atoms with Gasteiger partial charge in [-0.05, 0) is 43.4 Å². The van der Waals surface area contributed by atoms with E-state index in [9.17, 15) is 4.79 Å². The molecule has 1 amide bonds. The van der Waals surface area contributed by atoms with Crippen LogP contribution in [0.3, 0.4) is 0 Å². The zero-order chi connectivity index (χ0) is 17.2. The molecule has 7 nitrogen and oxygen atoms in total. The Hall–Kier alpha value is -1.47. The molecular weight excluding hydrogens is 318 g/mol. The van der Waals surface area contributed by atoms with Crippen molar-refractivity contribution >= 4 is 5.91 Å². The smallest absolute Gasteiger partial charge is 0.217 e. The number of hydrogen-bond acceptors (Lipinski definition) is 5. The van der Waals surface area contributed by atoms with Crippen LogP contribution in [-0.2, 0) is 16.1 Å². The first-order valence-corrected chi connectivity index (χ1v) is 9.61. The summed E-state index contributed by atoms with van der Waals surface area (Å²) >= 11 is 0. The molecule has 2 heterocycles. The summed E-state index contributed by atoms with van der Waals surface area (Å²) in [6.45, 7) is 6.72. The van der Waals surface area contributed by atoms with E-state index in [1.807, 2.05) is 4.57 Å². The molecular formula is C18H29N5O2. The second kappa shape index (κ2) is 7.41. The summed E-state index contributed by atoms with van der Waals surface area (Å²) in [5, 5.41) is 10.9. The molecule has 2 saturated carbocycles. The maximum atomic E-state index is 11.6. The summed E-state index contributed by atoms with van der Waals surface area (Å²) in [5.41, 5.74) is 0. The molecule has 1 aliphatic heterocycles. The second-order valence-electron chi connectivity index (χ2n) is 8.07. The first-order valence-electron chi connectivity index (χ1n) is 9.61. The van der Waals surface area contributed by atoms with E-state index in [1.165, 1.54) is 12.8 Å². The van der Waals surface area contributed by atoms with Gasteiger partial charge in [-0.2, -0.15) is 0 Å². The van der Waals surface area contributed by atoms with Crippen LogP contribution in [0.1, 0.15) is 32.6 Å². The summed E-state index contributed by atoms with van der Waals surface area (Å²) in [7, 11) is 0. The molecule has 4 rings (SSSR count). The van der Waals surface area contributed by atoms with Crippen molar-refractivity contribution in [3.8, 4) is 0 Å². The molecule has 1 saturated heterocycles. The molecule has 7 heteroatoms. The van der Waals surface area contributed by atoms with Crippen molar-refractivity contribution in [3.05, 3.63) is 12.7 Å². The van der Waals surface area contributed by atoms with E-state index in [4.69, 9.17) is 4.74 Å². The number of aromatic nitrogens is 3. The average molecular weight is 347 g/mol. The Bertz CT molecular complexity index is 574. The van der Waals surface area contributed by atoms with Crippen LogP contribution < -0.4 is 5.32 Å². The van der Waals surface area contributed by atoms with Crippen molar-refractivity contribution < 1.29 is 9.53 Å². The Morgan fingerprint density at radius 1 is 1.16 bits per heavy atom. The number of nitrogens with zero attached hydrogens (tertiary/aromatic N) is 4. The number of carbonyl (C=O) groups excluding carboxylic acids is 1. The van der Waals surface area contributed by atoms with Crippen LogP contribution in [0.25, 0.3) is 0 Å². The fraction of sp³-hybridized carbons (Fsp3) is 0.833. The first-order chi connectivity index (χ1) is 12.2. The fourth-order valence-electron chi connectivity index (χ4n) is 4.43. The van der Waals surface area contributed by atoms with Gasteiger partial charge in [-0.15, -0.1) is 10.2 Å². The van der Waals surface area contributed by atoms with Crippen LogP contribution >= 0.6 is 0 Å². The van der Waals surface area contributed by atoms with E-state index in [2.05, 4.69) is 20.4 Å². The number of hydrogen-bond donors (Lipinski definition) is 1. The topological polar surface area (TPSA) is 72.3 Å². The molecule has 138 valence electrons. The van der Waals surface area contributed by atoms with Crippen molar-refractivity contribution in [2.45, 2.75) is 51.3 Å². The maximum absolute atomic E-state index is 11.6. The first kappa shape index (κ1) is 17.0. The van der Waals surface area contributed by atoms with Gasteiger partial charge in [-0.1, -0.05) is 0 Å². The van der Waals surface area contributed by atoms with E-state index in [-0.39, 0.29) is 18.1 Å². The third kappa shape index (κ3) is 4.39. The highest BCUT2D eigenvalue weighted by atomic mass is 16.5. The standard InChI is InChI=1S/C18H29N5O2/c1-13(24)21-17-6-15-8-22(4-5-23-11-19-20-12-23)9-16(15)7-18(17)25-10-14-2-3-14/h11-12,14-18H,2-10H2,1H3,(H,21,24)/t15-,16+,17-,18-/m1/s1. The van der Waals surface area contributed by atoms with Gasteiger partial charge in [0.25, 0.3) is 0 Å². The molecule has 3 fully saturated rings. The third-order valence-corrected chi connectivity index (χ3v) is 5.97. The quantitative estimate of drug-likeness (QED) is 0.794. The molecule has 2 aliphatic carbocycles. The van der Waals surface area contributed by atoms with Crippen LogP contribution in [0.5, 0.6) is 0 Å². The normalized spacial score (nSPS) is 32.5. The van der Waals surface area contributed by atoms with Crippen molar-refractivity contribution in [3.63, 3.8) is 0 Å². The van der Waals surface area contributed by atoms with Gasteiger partial charge in [0.05, 0.1) is 12.1 Å². The van der Waals surface area contributed by atoms with E-state index < -0.39 is 0 Å². The molecule has 0 spiro atoms. The van der Waals surface area contributed by atoms with Gasteiger partial charge >= 0.3 is 0 Å². The van der Waals surface area contributed by atoms with Gasteiger partial charge in [0, 0.05) is 39.7 Å². The molecule has 3 aliphatic rings. The number of carbonyl (C=O) groups is 1. The monoisotopic (exact) mass is 347 g/mol. The Kier molecular flexibility index (Phi) is 5.03. The molecule has 25 heavy (non-hydrogen) atoms. The summed E-state index contributed by atoms with van der Waals surface area (Å²) < 4.78 is 8.26. The number of ether oxygens (including phenoxy) is 1. The minimum absolute atomic E-state index is 0.0610. The van der Waals surface area contributed by atoms with Crippen LogP contribution in [0.4, 0.5) is 0 Å². The predicted octanol–water partition coefficient (Wildman–Crippen LogP) is 0.920. The summed E-state index contributed by atoms with van der Waals surface area (Å²) in [4.78, 5) is 14.2. The summed E-state index contributed by atoms with van der Waals surface area (Å²) in [5.74, 6) is 2.18. The zero-order valence-corrected chi connectivity index (χ0v) is 15.0. The lowest BCUT2D eigenvalue weighted by molar-refractivity contribution is -0.122. The number of nitrogens with one attached hydrogen (secondary N) is 1. The molecule has 1 aromatic rings. The van der Waals surface area contributed by atoms with Crippen LogP contribution in [0, 0.1) is 17.8 Å². The Labute approximate surface area is 149 Å². The molecule has 1 N–H and O–H groups in total.